The Kier molecular flexibility index (Phi) is 5.37. The van der Waals surface area contributed by atoms with Gasteiger partial charge in [0.25, 0.3) is 0 Å². The van der Waals surface area contributed by atoms with E-state index in [0.29, 0.717) is 29.3 Å². The van der Waals surface area contributed by atoms with Crippen LogP contribution < -0.4 is 0 Å². The van der Waals surface area contributed by atoms with Gasteiger partial charge in [0.1, 0.15) is 0 Å². The van der Waals surface area contributed by atoms with Gasteiger partial charge in [0.2, 0.25) is 0 Å². The summed E-state index contributed by atoms with van der Waals surface area (Å²) in [7, 11) is 0. The molecule has 3 nitrogen and oxygen atoms in total. The zero-order chi connectivity index (χ0) is 13.7. The number of carbonyl (C=O) groups is 1. The summed E-state index contributed by atoms with van der Waals surface area (Å²) in [6.45, 7) is 1.53. The molecule has 0 unspecified atom stereocenters. The van der Waals surface area contributed by atoms with Crippen LogP contribution in [0.2, 0.25) is 5.02 Å². The van der Waals surface area contributed by atoms with Gasteiger partial charge in [-0.3, -0.25) is 4.79 Å². The number of ether oxygens (including phenoxy) is 1. The van der Waals surface area contributed by atoms with Crippen LogP contribution in [0.25, 0.3) is 0 Å². The highest BCUT2D eigenvalue weighted by Gasteiger charge is 2.20. The maximum atomic E-state index is 12.4. The molecule has 1 aliphatic rings. The van der Waals surface area contributed by atoms with E-state index in [9.17, 15) is 4.79 Å². The first-order valence-electron chi connectivity index (χ1n) is 6.71. The normalized spacial score (nSPS) is 16.5. The Morgan fingerprint density at radius 2 is 2.11 bits per heavy atom. The molecule has 0 spiro atoms. The van der Waals surface area contributed by atoms with Crippen LogP contribution in [0.3, 0.4) is 0 Å². The van der Waals surface area contributed by atoms with Crippen LogP contribution in [0, 0.1) is 5.92 Å². The van der Waals surface area contributed by atoms with E-state index in [-0.39, 0.29) is 12.4 Å². The minimum atomic E-state index is 0.0257. The molecule has 1 N–H and O–H groups in total. The summed E-state index contributed by atoms with van der Waals surface area (Å²) in [4.78, 5) is 12.4. The average Bonchev–Trinajstić information content (AvgIpc) is 2.40. The maximum absolute atomic E-state index is 12.4. The van der Waals surface area contributed by atoms with Gasteiger partial charge in [-0.05, 0) is 48.9 Å². The van der Waals surface area contributed by atoms with Crippen molar-refractivity contribution in [2.24, 2.45) is 5.92 Å². The van der Waals surface area contributed by atoms with Crippen molar-refractivity contribution < 1.29 is 14.6 Å². The first-order valence-corrected chi connectivity index (χ1v) is 7.08. The van der Waals surface area contributed by atoms with Crippen LogP contribution in [0.5, 0.6) is 0 Å². The minimum absolute atomic E-state index is 0.0257. The Labute approximate surface area is 118 Å². The number of ketones is 1. The molecular formula is C15H19ClO3. The number of halogens is 1. The highest BCUT2D eigenvalue weighted by Crippen LogP contribution is 2.24. The number of aliphatic hydroxyl groups is 1. The van der Waals surface area contributed by atoms with Crippen LogP contribution in [-0.2, 0) is 11.2 Å². The molecule has 0 saturated carbocycles. The molecule has 1 aromatic carbocycles. The fraction of sp³-hybridized carbons (Fsp3) is 0.533. The molecule has 0 aromatic heterocycles. The molecule has 0 atom stereocenters. The number of aliphatic hydroxyl groups excluding tert-OH is 1. The zero-order valence-corrected chi connectivity index (χ0v) is 11.7. The number of hydrogen-bond acceptors (Lipinski definition) is 3. The molecule has 0 amide bonds. The van der Waals surface area contributed by atoms with E-state index in [1.165, 1.54) is 0 Å². The number of hydrogen-bond donors (Lipinski definition) is 1. The summed E-state index contributed by atoms with van der Waals surface area (Å²) >= 11 is 5.94. The molecule has 4 heteroatoms. The summed E-state index contributed by atoms with van der Waals surface area (Å²) in [5, 5.41) is 9.67. The molecule has 0 aliphatic carbocycles. The zero-order valence-electron chi connectivity index (χ0n) is 10.9. The quantitative estimate of drug-likeness (QED) is 0.845. The van der Waals surface area contributed by atoms with Gasteiger partial charge < -0.3 is 9.84 Å². The first-order chi connectivity index (χ1) is 9.20. The predicted octanol–water partition coefficient (Wildman–Crippen LogP) is 2.87. The van der Waals surface area contributed by atoms with Crippen LogP contribution in [0.15, 0.2) is 18.2 Å². The average molecular weight is 283 g/mol. The van der Waals surface area contributed by atoms with Crippen LogP contribution >= 0.6 is 11.6 Å². The maximum Gasteiger partial charge on any atom is 0.163 e. The summed E-state index contributed by atoms with van der Waals surface area (Å²) in [6, 6.07) is 5.28. The highest BCUT2D eigenvalue weighted by molar-refractivity contribution is 6.30. The van der Waals surface area contributed by atoms with Gasteiger partial charge in [0.05, 0.1) is 0 Å². The summed E-state index contributed by atoms with van der Waals surface area (Å²) in [6.07, 6.45) is 2.93. The number of carbonyl (C=O) groups excluding carboxylic acids is 1. The standard InChI is InChI=1S/C15H19ClO3/c16-13-1-2-14(12(10-13)3-6-17)15(18)9-11-4-7-19-8-5-11/h1-2,10-11,17H,3-9H2. The second kappa shape index (κ2) is 7.04. The third-order valence-corrected chi connectivity index (χ3v) is 3.80. The van der Waals surface area contributed by atoms with E-state index in [0.717, 1.165) is 31.6 Å². The van der Waals surface area contributed by atoms with Crippen molar-refractivity contribution in [3.8, 4) is 0 Å². The van der Waals surface area contributed by atoms with Gasteiger partial charge in [0.15, 0.2) is 5.78 Å². The van der Waals surface area contributed by atoms with E-state index in [1.807, 2.05) is 0 Å². The molecule has 1 aromatic rings. The van der Waals surface area contributed by atoms with E-state index in [2.05, 4.69) is 0 Å². The Balaban J connectivity index is 2.08. The molecule has 104 valence electrons. The van der Waals surface area contributed by atoms with Crippen molar-refractivity contribution in [2.45, 2.75) is 25.7 Å². The van der Waals surface area contributed by atoms with Crippen LogP contribution in [0.1, 0.15) is 35.2 Å². The Bertz CT molecular complexity index is 439. The van der Waals surface area contributed by atoms with Crippen molar-refractivity contribution in [1.29, 1.82) is 0 Å². The SMILES string of the molecule is O=C(CC1CCOCC1)c1ccc(Cl)cc1CCO. The summed E-state index contributed by atoms with van der Waals surface area (Å²) in [5.41, 5.74) is 1.54. The van der Waals surface area contributed by atoms with E-state index < -0.39 is 0 Å². The topological polar surface area (TPSA) is 46.5 Å². The Morgan fingerprint density at radius 3 is 2.79 bits per heavy atom. The van der Waals surface area contributed by atoms with Gasteiger partial charge in [0, 0.05) is 36.8 Å². The second-order valence-corrected chi connectivity index (χ2v) is 5.39. The predicted molar refractivity (Wildman–Crippen MR) is 74.7 cm³/mol. The molecule has 1 aliphatic heterocycles. The van der Waals surface area contributed by atoms with Gasteiger partial charge in [-0.2, -0.15) is 0 Å². The monoisotopic (exact) mass is 282 g/mol. The molecule has 0 bridgehead atoms. The minimum Gasteiger partial charge on any atom is -0.396 e. The number of rotatable bonds is 5. The lowest BCUT2D eigenvalue weighted by Gasteiger charge is -2.21. The molecule has 2 rings (SSSR count). The van der Waals surface area contributed by atoms with Gasteiger partial charge in [-0.1, -0.05) is 11.6 Å². The third kappa shape index (κ3) is 4.03. The molecule has 19 heavy (non-hydrogen) atoms. The first kappa shape index (κ1) is 14.5. The van der Waals surface area contributed by atoms with Crippen molar-refractivity contribution in [2.75, 3.05) is 19.8 Å². The van der Waals surface area contributed by atoms with E-state index in [1.54, 1.807) is 18.2 Å². The second-order valence-electron chi connectivity index (χ2n) is 4.96. The molecule has 1 heterocycles. The van der Waals surface area contributed by atoms with E-state index >= 15 is 0 Å². The van der Waals surface area contributed by atoms with Crippen LogP contribution in [-0.4, -0.2) is 30.7 Å². The van der Waals surface area contributed by atoms with Crippen molar-refractivity contribution in [1.82, 2.24) is 0 Å². The third-order valence-electron chi connectivity index (χ3n) is 3.56. The van der Waals surface area contributed by atoms with Crippen molar-refractivity contribution in [3.63, 3.8) is 0 Å². The molecule has 1 fully saturated rings. The van der Waals surface area contributed by atoms with Gasteiger partial charge >= 0.3 is 0 Å². The van der Waals surface area contributed by atoms with Gasteiger partial charge in [-0.25, -0.2) is 0 Å². The Hall–Kier alpha value is -0.900. The lowest BCUT2D eigenvalue weighted by atomic mass is 9.90. The lowest BCUT2D eigenvalue weighted by Crippen LogP contribution is -2.19. The molecule has 1 saturated heterocycles. The molecule has 0 radical (unpaired) electrons. The van der Waals surface area contributed by atoms with Crippen molar-refractivity contribution >= 4 is 17.4 Å². The lowest BCUT2D eigenvalue weighted by molar-refractivity contribution is 0.0600. The van der Waals surface area contributed by atoms with Crippen LogP contribution in [0.4, 0.5) is 0 Å². The number of Topliss-reactive ketones (excluding diaryl/α,β-unsaturated/α-hetero) is 1. The fourth-order valence-corrected chi connectivity index (χ4v) is 2.68. The van der Waals surface area contributed by atoms with E-state index in [4.69, 9.17) is 21.4 Å². The fourth-order valence-electron chi connectivity index (χ4n) is 2.48. The molecular weight excluding hydrogens is 264 g/mol. The summed E-state index contributed by atoms with van der Waals surface area (Å²) < 4.78 is 5.30. The number of benzene rings is 1. The highest BCUT2D eigenvalue weighted by atomic mass is 35.5. The largest absolute Gasteiger partial charge is 0.396 e. The smallest absolute Gasteiger partial charge is 0.163 e. The van der Waals surface area contributed by atoms with Crippen molar-refractivity contribution in [3.05, 3.63) is 34.3 Å². The summed E-state index contributed by atoms with van der Waals surface area (Å²) in [5.74, 6) is 0.561. The Morgan fingerprint density at radius 1 is 1.37 bits per heavy atom. The van der Waals surface area contributed by atoms with Gasteiger partial charge in [-0.15, -0.1) is 0 Å².